The van der Waals surface area contributed by atoms with Gasteiger partial charge < -0.3 is 14.5 Å². The van der Waals surface area contributed by atoms with Crippen LogP contribution in [0.1, 0.15) is 73.9 Å². The van der Waals surface area contributed by atoms with Crippen LogP contribution in [0.4, 0.5) is 5.69 Å². The van der Waals surface area contributed by atoms with E-state index in [2.05, 4.69) is 71.7 Å². The summed E-state index contributed by atoms with van der Waals surface area (Å²) < 4.78 is 22.8. The second kappa shape index (κ2) is 14.1. The van der Waals surface area contributed by atoms with Crippen molar-refractivity contribution in [2.24, 2.45) is 23.7 Å². The van der Waals surface area contributed by atoms with Gasteiger partial charge in [-0.05, 0) is 119 Å². The molecule has 1 saturated carbocycles. The summed E-state index contributed by atoms with van der Waals surface area (Å²) in [6, 6.07) is 12.0. The van der Waals surface area contributed by atoms with Crippen molar-refractivity contribution in [3.05, 3.63) is 70.3 Å². The van der Waals surface area contributed by atoms with Gasteiger partial charge in [-0.25, -0.2) is 4.21 Å². The van der Waals surface area contributed by atoms with E-state index in [-0.39, 0.29) is 28.4 Å². The number of rotatable bonds is 2. The molecule has 1 fully saturated rings. The van der Waals surface area contributed by atoms with Gasteiger partial charge in [0, 0.05) is 48.0 Å². The summed E-state index contributed by atoms with van der Waals surface area (Å²) in [6.07, 6.45) is 11.7. The van der Waals surface area contributed by atoms with Crippen LogP contribution < -0.4 is 14.4 Å². The van der Waals surface area contributed by atoms with Crippen LogP contribution in [0.15, 0.2) is 48.6 Å². The van der Waals surface area contributed by atoms with Crippen LogP contribution >= 0.6 is 11.6 Å². The Morgan fingerprint density at radius 1 is 1.17 bits per heavy atom. The van der Waals surface area contributed by atoms with Gasteiger partial charge in [-0.15, -0.1) is 5.92 Å². The normalized spacial score (nSPS) is 31.7. The molecule has 0 aromatic heterocycles. The number of anilines is 1. The largest absolute Gasteiger partial charge is 0.490 e. The molecule has 2 aliphatic heterocycles. The van der Waals surface area contributed by atoms with Crippen molar-refractivity contribution in [1.82, 2.24) is 9.62 Å². The third kappa shape index (κ3) is 7.05. The summed E-state index contributed by atoms with van der Waals surface area (Å²) in [5.41, 5.74) is 3.91. The molecule has 7 atom stereocenters. The van der Waals surface area contributed by atoms with Gasteiger partial charge in [0.15, 0.2) is 0 Å². The van der Waals surface area contributed by atoms with E-state index in [1.807, 2.05) is 31.2 Å². The zero-order valence-electron chi connectivity index (χ0n) is 27.7. The molecule has 2 aromatic rings. The average Bonchev–Trinajstić information content (AvgIpc) is 3.16. The number of carbonyl (C=O) groups excluding carboxylic acids is 1. The van der Waals surface area contributed by atoms with Crippen LogP contribution in [0.2, 0.25) is 5.02 Å². The number of nitrogens with zero attached hydrogens (tertiary/aromatic N) is 2. The maximum atomic E-state index is 13.5. The van der Waals surface area contributed by atoms with Crippen LogP contribution in [-0.2, 0) is 22.8 Å². The minimum absolute atomic E-state index is 0.144. The molecule has 2 heterocycles. The van der Waals surface area contributed by atoms with Crippen molar-refractivity contribution in [3.63, 3.8) is 0 Å². The van der Waals surface area contributed by atoms with Gasteiger partial charge in [0.2, 0.25) is 0 Å². The van der Waals surface area contributed by atoms with E-state index in [1.165, 1.54) is 11.1 Å². The lowest BCUT2D eigenvalue weighted by molar-refractivity contribution is 0.0982. The SMILES string of the molecule is CC1C/C=C/C(C#CCCN(C)C)C2CCC2CN2C[C@@]3(CCCc4cc(Cl)ccc43)COc3ccc(cc32)C(=O)NS(=O)C1C. The Bertz CT molecular complexity index is 1560. The first-order valence-electron chi connectivity index (χ1n) is 17.0. The molecule has 4 aliphatic rings. The maximum Gasteiger partial charge on any atom is 0.263 e. The van der Waals surface area contributed by atoms with E-state index in [0.717, 1.165) is 81.0 Å². The summed E-state index contributed by atoms with van der Waals surface area (Å²) in [6.45, 7) is 7.27. The van der Waals surface area contributed by atoms with Gasteiger partial charge in [-0.2, -0.15) is 0 Å². The molecule has 2 aliphatic carbocycles. The van der Waals surface area contributed by atoms with Crippen LogP contribution in [0.25, 0.3) is 0 Å². The summed E-state index contributed by atoms with van der Waals surface area (Å²) >= 11 is 6.46. The highest BCUT2D eigenvalue weighted by Crippen LogP contribution is 2.47. The Balaban J connectivity index is 1.39. The third-order valence-electron chi connectivity index (χ3n) is 10.8. The molecule has 6 nitrogen and oxygen atoms in total. The molecule has 0 saturated heterocycles. The monoisotopic (exact) mass is 661 g/mol. The first kappa shape index (κ1) is 33.1. The molecule has 2 bridgehead atoms. The van der Waals surface area contributed by atoms with Gasteiger partial charge in [0.1, 0.15) is 16.7 Å². The number of hydrogen-bond donors (Lipinski definition) is 1. The number of aryl methyl sites for hydroxylation is 1. The lowest BCUT2D eigenvalue weighted by Gasteiger charge is -2.45. The summed E-state index contributed by atoms with van der Waals surface area (Å²) in [5, 5.41) is 0.585. The number of fused-ring (bicyclic) bond motifs is 4. The molecule has 2 aromatic carbocycles. The first-order chi connectivity index (χ1) is 22.1. The summed E-state index contributed by atoms with van der Waals surface area (Å²) in [5.74, 6) is 8.92. The third-order valence-corrected chi connectivity index (χ3v) is 12.6. The molecule has 0 radical (unpaired) electrons. The standard InChI is InChI=1S/C38H48ClN3O3S/c1-26-9-7-11-28(10-5-6-20-41(3)4)33-16-13-31(33)23-42-24-38(19-8-12-29-21-32(39)15-17-34(29)38)25-45-36-18-14-30(22-35(36)42)37(43)40-46(44)27(26)2/h7,11,14-15,17-18,21-22,26-28,31,33H,6,8-9,12-13,16,19-20,23-25H2,1-4H3,(H,40,43)/b11-7+/t26?,27?,28?,31?,33?,38-,46?/m0/s1. The minimum Gasteiger partial charge on any atom is -0.490 e. The Labute approximate surface area is 282 Å². The number of allylic oxidation sites excluding steroid dienone is 2. The fourth-order valence-electron chi connectivity index (χ4n) is 7.69. The first-order valence-corrected chi connectivity index (χ1v) is 18.5. The Morgan fingerprint density at radius 3 is 2.80 bits per heavy atom. The van der Waals surface area contributed by atoms with E-state index < -0.39 is 11.0 Å². The summed E-state index contributed by atoms with van der Waals surface area (Å²) in [4.78, 5) is 18.1. The molecular formula is C38H48ClN3O3S. The number of nitrogens with one attached hydrogen (secondary N) is 1. The molecule has 1 amide bonds. The number of ether oxygens (including phenoxy) is 1. The smallest absolute Gasteiger partial charge is 0.263 e. The van der Waals surface area contributed by atoms with Crippen molar-refractivity contribution in [3.8, 4) is 17.6 Å². The number of benzene rings is 2. The topological polar surface area (TPSA) is 61.9 Å². The van der Waals surface area contributed by atoms with Gasteiger partial charge in [0.25, 0.3) is 5.91 Å². The quantitative estimate of drug-likeness (QED) is 0.284. The molecule has 246 valence electrons. The lowest BCUT2D eigenvalue weighted by atomic mass is 9.66. The highest BCUT2D eigenvalue weighted by Gasteiger charge is 2.44. The van der Waals surface area contributed by atoms with Gasteiger partial charge in [-0.1, -0.05) is 42.7 Å². The molecule has 46 heavy (non-hydrogen) atoms. The van der Waals surface area contributed by atoms with E-state index in [0.29, 0.717) is 24.0 Å². The van der Waals surface area contributed by atoms with E-state index in [1.54, 1.807) is 0 Å². The zero-order chi connectivity index (χ0) is 32.4. The summed E-state index contributed by atoms with van der Waals surface area (Å²) in [7, 11) is 2.67. The predicted octanol–water partition coefficient (Wildman–Crippen LogP) is 6.79. The highest BCUT2D eigenvalue weighted by molar-refractivity contribution is 7.84. The number of halogens is 1. The van der Waals surface area contributed by atoms with Gasteiger partial charge in [0.05, 0.1) is 17.5 Å². The van der Waals surface area contributed by atoms with Crippen LogP contribution in [0.3, 0.4) is 0 Å². The molecule has 6 unspecified atom stereocenters. The molecule has 1 N–H and O–H groups in total. The van der Waals surface area contributed by atoms with Crippen LogP contribution in [0.5, 0.6) is 5.75 Å². The number of hydrogen-bond acceptors (Lipinski definition) is 5. The van der Waals surface area contributed by atoms with Gasteiger partial charge >= 0.3 is 0 Å². The maximum absolute atomic E-state index is 13.5. The zero-order valence-corrected chi connectivity index (χ0v) is 29.3. The number of amides is 1. The van der Waals surface area contributed by atoms with Crippen molar-refractivity contribution < 1.29 is 13.7 Å². The molecular weight excluding hydrogens is 614 g/mol. The highest BCUT2D eigenvalue weighted by atomic mass is 35.5. The van der Waals surface area contributed by atoms with Crippen molar-refractivity contribution in [2.75, 3.05) is 45.2 Å². The second-order valence-electron chi connectivity index (χ2n) is 14.3. The number of carbonyl (C=O) groups is 1. The average molecular weight is 662 g/mol. The fraction of sp³-hybridized carbons (Fsp3) is 0.553. The Morgan fingerprint density at radius 2 is 2.02 bits per heavy atom. The fourth-order valence-corrected chi connectivity index (χ4v) is 8.90. The van der Waals surface area contributed by atoms with Crippen molar-refractivity contribution in [2.45, 2.75) is 69.5 Å². The predicted molar refractivity (Wildman–Crippen MR) is 189 cm³/mol. The lowest BCUT2D eigenvalue weighted by Crippen LogP contribution is -2.49. The molecule has 1 spiro atoms. The molecule has 8 heteroatoms. The minimum atomic E-state index is -1.51. The Kier molecular flexibility index (Phi) is 10.2. The second-order valence-corrected chi connectivity index (χ2v) is 16.2. The molecule has 6 rings (SSSR count). The van der Waals surface area contributed by atoms with E-state index in [4.69, 9.17) is 16.3 Å². The van der Waals surface area contributed by atoms with E-state index in [9.17, 15) is 9.00 Å². The van der Waals surface area contributed by atoms with Crippen molar-refractivity contribution in [1.29, 1.82) is 0 Å². The van der Waals surface area contributed by atoms with Gasteiger partial charge in [-0.3, -0.25) is 9.52 Å². The van der Waals surface area contributed by atoms with E-state index >= 15 is 0 Å². The van der Waals surface area contributed by atoms with Crippen LogP contribution in [-0.4, -0.2) is 60.6 Å². The van der Waals surface area contributed by atoms with Crippen molar-refractivity contribution >= 4 is 34.2 Å². The van der Waals surface area contributed by atoms with Crippen LogP contribution in [0, 0.1) is 35.5 Å². The Hall–Kier alpha value is -2.79.